The number of aromatic amines is 1. The van der Waals surface area contributed by atoms with Crippen molar-refractivity contribution in [2.24, 2.45) is 68.1 Å². The zero-order chi connectivity index (χ0) is 62.3. The molecule has 0 spiro atoms. The Morgan fingerprint density at radius 2 is 1.21 bits per heavy atom. The molecule has 6 unspecified atom stereocenters. The van der Waals surface area contributed by atoms with Gasteiger partial charge in [-0.15, -0.1) is 23.5 Å². The van der Waals surface area contributed by atoms with Gasteiger partial charge in [0, 0.05) is 47.1 Å². The lowest BCUT2D eigenvalue weighted by Crippen LogP contribution is -2.50. The molecule has 2 aliphatic carbocycles. The van der Waals surface area contributed by atoms with Gasteiger partial charge in [0.05, 0.1) is 24.0 Å². The van der Waals surface area contributed by atoms with Crippen molar-refractivity contribution in [3.05, 3.63) is 45.8 Å². The van der Waals surface area contributed by atoms with Crippen LogP contribution < -0.4 is 10.6 Å². The van der Waals surface area contributed by atoms with E-state index in [9.17, 15) is 34.2 Å². The van der Waals surface area contributed by atoms with Crippen LogP contribution in [0, 0.1) is 63.1 Å². The number of carboxylic acid groups (broad SMARTS) is 2. The molecule has 2 fully saturated rings. The van der Waals surface area contributed by atoms with Crippen LogP contribution in [0.3, 0.4) is 0 Å². The molecule has 2 amide bonds. The second-order valence-electron chi connectivity index (χ2n) is 28.4. The number of nitrogens with one attached hydrogen (secondary N) is 3. The quantitative estimate of drug-likeness (QED) is 0.0314. The summed E-state index contributed by atoms with van der Waals surface area (Å²) in [6, 6.07) is 0. The third kappa shape index (κ3) is 18.6. The predicted octanol–water partition coefficient (Wildman–Crippen LogP) is 13.5. The average molecular weight is 1180 g/mol. The molecular weight excluding hydrogens is 1080 g/mol. The Morgan fingerprint density at radius 3 is 1.63 bits per heavy atom. The minimum Gasteiger partial charge on any atom is -0.481 e. The Bertz CT molecular complexity index is 2570. The molecule has 2 saturated carbocycles. The lowest BCUT2D eigenvalue weighted by molar-refractivity contribution is -0.164. The van der Waals surface area contributed by atoms with E-state index < -0.39 is 70.8 Å². The van der Waals surface area contributed by atoms with E-state index in [1.807, 2.05) is 27.7 Å². The average Bonchev–Trinajstić information content (AvgIpc) is 4.08. The third-order valence-electron chi connectivity index (χ3n) is 16.5. The summed E-state index contributed by atoms with van der Waals surface area (Å²) in [4.78, 5) is 103. The summed E-state index contributed by atoms with van der Waals surface area (Å²) in [6.07, 6.45) is 3.86. The number of aliphatic imine (C=N–C) groups is 1. The number of carbonyl (C=O) groups is 7. The van der Waals surface area contributed by atoms with Crippen molar-refractivity contribution in [1.29, 1.82) is 0 Å². The van der Waals surface area contributed by atoms with Gasteiger partial charge in [0.2, 0.25) is 11.8 Å². The van der Waals surface area contributed by atoms with Gasteiger partial charge in [0.1, 0.15) is 40.2 Å². The SMILES string of the molecule is C=C(C)C(=O)OCCCSC(C)C(=O)NC1=NC(=Cc2[nH]c(NC(=O)CCSC(CC(=O)O)C(=O)O)c(C(=O)OC3C(C(C)(C)C)CC(C)CC3C(C)(C)C)c2C(C)C)C(C(C)C)=C1C(=O)OC1C(C(C)(C)C)CC(C)CC1C(C)(C)C. The number of carboxylic acids is 2. The van der Waals surface area contributed by atoms with Crippen molar-refractivity contribution in [1.82, 2.24) is 10.3 Å². The van der Waals surface area contributed by atoms with Crippen LogP contribution in [0.1, 0.15) is 211 Å². The fourth-order valence-corrected chi connectivity index (χ4v) is 13.9. The fourth-order valence-electron chi connectivity index (χ4n) is 12.0. The number of nitrogens with zero attached hydrogens (tertiary/aromatic N) is 1. The van der Waals surface area contributed by atoms with E-state index in [0.717, 1.165) is 37.4 Å². The molecular formula is C64H100N4O12S2. The first-order valence-corrected chi connectivity index (χ1v) is 31.6. The fraction of sp³-hybridized carbons (Fsp3) is 0.719. The minimum absolute atomic E-state index is 0.00397. The van der Waals surface area contributed by atoms with Gasteiger partial charge in [-0.1, -0.05) is 131 Å². The number of amidine groups is 1. The monoisotopic (exact) mass is 1180 g/mol. The smallest absolute Gasteiger partial charge is 0.342 e. The van der Waals surface area contributed by atoms with Gasteiger partial charge in [-0.3, -0.25) is 19.2 Å². The molecule has 2 heterocycles. The summed E-state index contributed by atoms with van der Waals surface area (Å²) in [5.41, 5.74) is 1.35. The molecule has 0 aromatic carbocycles. The zero-order valence-electron chi connectivity index (χ0n) is 53.0. The second-order valence-corrected chi connectivity index (χ2v) is 31.2. The molecule has 6 atom stereocenters. The lowest BCUT2D eigenvalue weighted by atomic mass is 9.59. The number of allylic oxidation sites excluding steroid dienone is 1. The number of thioether (sulfide) groups is 2. The number of H-pyrrole nitrogens is 1. The molecule has 0 saturated heterocycles. The second kappa shape index (κ2) is 28.4. The van der Waals surface area contributed by atoms with Crippen LogP contribution in [0.25, 0.3) is 6.08 Å². The van der Waals surface area contributed by atoms with Crippen LogP contribution in [0.2, 0.25) is 0 Å². The maximum absolute atomic E-state index is 15.5. The molecule has 460 valence electrons. The van der Waals surface area contributed by atoms with E-state index in [2.05, 4.69) is 119 Å². The Balaban J connectivity index is 1.98. The van der Waals surface area contributed by atoms with Gasteiger partial charge in [-0.25, -0.2) is 19.4 Å². The first-order chi connectivity index (χ1) is 37.6. The van der Waals surface area contributed by atoms with Crippen molar-refractivity contribution in [2.45, 2.75) is 212 Å². The Hall–Kier alpha value is -4.84. The summed E-state index contributed by atoms with van der Waals surface area (Å²) in [6.45, 7) is 45.5. The summed E-state index contributed by atoms with van der Waals surface area (Å²) >= 11 is 2.20. The standard InChI is InChI=1S/C64H100N4O12S2/c1-33(2)48-43(65-54(67-46(69)23-26-82-45(57(73)74)32-47(70)71)50(48)59(76)79-52-39(61(10,11)12)27-36(7)28-40(52)62(13,14)15)31-44-49(34(3)4)51(55(66-44)68-56(72)38(9)81-25-22-24-78-58(75)35(5)6)60(77)80-53-41(63(16,17)18)29-37(8)30-42(53)64(19,20)21/h31,33-34,36-42,45,52-53,65H,5,22-30,32H2,1-4,6-21H3,(H,67,69)(H,70,71)(H,73,74)(H,66,68,72). The van der Waals surface area contributed by atoms with Gasteiger partial charge in [0.15, 0.2) is 0 Å². The Morgan fingerprint density at radius 1 is 0.720 bits per heavy atom. The maximum atomic E-state index is 15.5. The number of amides is 2. The maximum Gasteiger partial charge on any atom is 0.342 e. The van der Waals surface area contributed by atoms with E-state index >= 15 is 9.59 Å². The van der Waals surface area contributed by atoms with Gasteiger partial charge < -0.3 is 40.0 Å². The first-order valence-electron chi connectivity index (χ1n) is 29.5. The van der Waals surface area contributed by atoms with Crippen LogP contribution in [-0.4, -0.2) is 104 Å². The van der Waals surface area contributed by atoms with Crippen molar-refractivity contribution < 1.29 is 58.0 Å². The molecule has 3 aliphatic rings. The van der Waals surface area contributed by atoms with Crippen LogP contribution in [0.5, 0.6) is 0 Å². The number of aliphatic carboxylic acids is 2. The molecule has 0 bridgehead atoms. The molecule has 1 aromatic rings. The van der Waals surface area contributed by atoms with E-state index in [-0.39, 0.29) is 98.7 Å². The number of esters is 3. The summed E-state index contributed by atoms with van der Waals surface area (Å²) in [5, 5.41) is 23.1. The van der Waals surface area contributed by atoms with Crippen LogP contribution in [-0.2, 0) is 43.0 Å². The molecule has 5 N–H and O–H groups in total. The van der Waals surface area contributed by atoms with E-state index in [1.54, 1.807) is 19.9 Å². The van der Waals surface area contributed by atoms with Gasteiger partial charge >= 0.3 is 29.8 Å². The summed E-state index contributed by atoms with van der Waals surface area (Å²) < 4.78 is 19.0. The van der Waals surface area contributed by atoms with Crippen molar-refractivity contribution in [3.8, 4) is 0 Å². The van der Waals surface area contributed by atoms with Gasteiger partial charge in [-0.05, 0) is 114 Å². The molecule has 1 aliphatic heterocycles. The molecule has 82 heavy (non-hydrogen) atoms. The van der Waals surface area contributed by atoms with Gasteiger partial charge in [-0.2, -0.15) is 0 Å². The Kier molecular flexibility index (Phi) is 24.1. The summed E-state index contributed by atoms with van der Waals surface area (Å²) in [5.74, 6) is -4.67. The number of carbonyl (C=O) groups excluding carboxylic acids is 5. The van der Waals surface area contributed by atoms with Crippen LogP contribution in [0.4, 0.5) is 5.82 Å². The zero-order valence-corrected chi connectivity index (χ0v) is 54.7. The molecule has 0 radical (unpaired) electrons. The normalized spacial score (nSPS) is 24.0. The molecule has 16 nitrogen and oxygen atoms in total. The third-order valence-corrected chi connectivity index (χ3v) is 18.9. The van der Waals surface area contributed by atoms with E-state index in [1.165, 1.54) is 11.8 Å². The van der Waals surface area contributed by atoms with Gasteiger partial charge in [0.25, 0.3) is 0 Å². The largest absolute Gasteiger partial charge is 0.481 e. The Labute approximate surface area is 498 Å². The number of hydrogen-bond donors (Lipinski definition) is 5. The number of aromatic nitrogens is 1. The highest BCUT2D eigenvalue weighted by Gasteiger charge is 2.51. The number of rotatable bonds is 22. The van der Waals surface area contributed by atoms with Crippen molar-refractivity contribution >= 4 is 82.9 Å². The number of anilines is 1. The minimum atomic E-state index is -1.31. The van der Waals surface area contributed by atoms with E-state index in [4.69, 9.17) is 19.2 Å². The first kappa shape index (κ1) is 69.7. The number of hydrogen-bond acceptors (Lipinski definition) is 13. The molecule has 1 aromatic heterocycles. The highest BCUT2D eigenvalue weighted by Crippen LogP contribution is 2.52. The van der Waals surface area contributed by atoms with Crippen LogP contribution in [0.15, 0.2) is 34.0 Å². The van der Waals surface area contributed by atoms with E-state index in [0.29, 0.717) is 52.1 Å². The predicted molar refractivity (Wildman–Crippen MR) is 330 cm³/mol. The molecule has 4 rings (SSSR count). The molecule has 18 heteroatoms. The topological polar surface area (TPSA) is 240 Å². The van der Waals surface area contributed by atoms with Crippen molar-refractivity contribution in [2.75, 3.05) is 23.4 Å². The highest BCUT2D eigenvalue weighted by molar-refractivity contribution is 8.00. The van der Waals surface area contributed by atoms with Crippen molar-refractivity contribution in [3.63, 3.8) is 0 Å². The lowest BCUT2D eigenvalue weighted by Gasteiger charge is -2.50. The summed E-state index contributed by atoms with van der Waals surface area (Å²) in [7, 11) is 0. The van der Waals surface area contributed by atoms with Crippen LogP contribution >= 0.6 is 23.5 Å². The number of ether oxygens (including phenoxy) is 3. The highest BCUT2D eigenvalue weighted by atomic mass is 32.2.